The summed E-state index contributed by atoms with van der Waals surface area (Å²) < 4.78 is 5.17. The average molecular weight is 247 g/mol. The van der Waals surface area contributed by atoms with Crippen molar-refractivity contribution in [1.29, 1.82) is 0 Å². The second-order valence-corrected chi connectivity index (χ2v) is 4.82. The van der Waals surface area contributed by atoms with Crippen molar-refractivity contribution < 1.29 is 9.53 Å². The number of hydrogen-bond donors (Lipinski definition) is 0. The summed E-state index contributed by atoms with van der Waals surface area (Å²) in [6.07, 6.45) is 3.91. The molecule has 1 aromatic carbocycles. The van der Waals surface area contributed by atoms with Crippen LogP contribution in [-0.2, 0) is 17.6 Å². The first kappa shape index (κ1) is 11.8. The van der Waals surface area contributed by atoms with Crippen molar-refractivity contribution in [2.45, 2.75) is 12.8 Å². The number of hydrogen-bond acceptors (Lipinski definition) is 4. The number of thiazole rings is 1. The van der Waals surface area contributed by atoms with Gasteiger partial charge in [0.05, 0.1) is 12.1 Å². The monoisotopic (exact) mass is 247 g/mol. The summed E-state index contributed by atoms with van der Waals surface area (Å²) in [5.74, 6) is 0.854. The highest BCUT2D eigenvalue weighted by Crippen LogP contribution is 2.19. The quantitative estimate of drug-likeness (QED) is 0.762. The highest BCUT2D eigenvalue weighted by atomic mass is 32.1. The van der Waals surface area contributed by atoms with Crippen molar-refractivity contribution in [2.75, 3.05) is 7.11 Å². The molecule has 0 amide bonds. The van der Waals surface area contributed by atoms with E-state index >= 15 is 0 Å². The molecule has 2 rings (SSSR count). The summed E-state index contributed by atoms with van der Waals surface area (Å²) in [5, 5.41) is 1.02. The maximum atomic E-state index is 10.4. The van der Waals surface area contributed by atoms with Crippen molar-refractivity contribution in [2.24, 2.45) is 0 Å². The Morgan fingerprint density at radius 2 is 2.35 bits per heavy atom. The van der Waals surface area contributed by atoms with Gasteiger partial charge in [0.1, 0.15) is 12.0 Å². The van der Waals surface area contributed by atoms with Crippen LogP contribution in [0.15, 0.2) is 30.5 Å². The van der Waals surface area contributed by atoms with E-state index in [0.29, 0.717) is 6.42 Å². The molecule has 2 aromatic rings. The Bertz CT molecular complexity index is 508. The van der Waals surface area contributed by atoms with Gasteiger partial charge in [-0.3, -0.25) is 0 Å². The fourth-order valence-corrected chi connectivity index (χ4v) is 2.47. The van der Waals surface area contributed by atoms with Gasteiger partial charge < -0.3 is 9.53 Å². The van der Waals surface area contributed by atoms with E-state index in [2.05, 4.69) is 4.98 Å². The average Bonchev–Trinajstić information content (AvgIpc) is 2.77. The number of aromatic nitrogens is 1. The van der Waals surface area contributed by atoms with Crippen molar-refractivity contribution in [3.63, 3.8) is 0 Å². The summed E-state index contributed by atoms with van der Waals surface area (Å²) in [6.45, 7) is 0. The summed E-state index contributed by atoms with van der Waals surface area (Å²) in [4.78, 5) is 15.7. The van der Waals surface area contributed by atoms with Gasteiger partial charge in [-0.2, -0.15) is 0 Å². The Labute approximate surface area is 104 Å². The van der Waals surface area contributed by atoms with Crippen molar-refractivity contribution in [1.82, 2.24) is 4.98 Å². The maximum absolute atomic E-state index is 10.4. The SMILES string of the molecule is COc1cccc(Cc2ncc(CC=O)s2)c1. The van der Waals surface area contributed by atoms with Crippen molar-refractivity contribution >= 4 is 17.6 Å². The number of ether oxygens (including phenoxy) is 1. The molecule has 0 N–H and O–H groups in total. The first-order chi connectivity index (χ1) is 8.31. The Balaban J connectivity index is 2.10. The zero-order valence-corrected chi connectivity index (χ0v) is 10.4. The van der Waals surface area contributed by atoms with E-state index in [1.54, 1.807) is 24.6 Å². The van der Waals surface area contributed by atoms with Gasteiger partial charge in [0.25, 0.3) is 0 Å². The van der Waals surface area contributed by atoms with E-state index in [-0.39, 0.29) is 0 Å². The third-order valence-electron chi connectivity index (χ3n) is 2.38. The molecule has 0 radical (unpaired) electrons. The van der Waals surface area contributed by atoms with Gasteiger partial charge in [-0.25, -0.2) is 4.98 Å². The molecular formula is C13H13NO2S. The van der Waals surface area contributed by atoms with Gasteiger partial charge in [0, 0.05) is 23.9 Å². The Morgan fingerprint density at radius 1 is 1.47 bits per heavy atom. The lowest BCUT2D eigenvalue weighted by molar-refractivity contribution is -0.107. The second-order valence-electron chi connectivity index (χ2n) is 3.62. The minimum atomic E-state index is 0.454. The number of methoxy groups -OCH3 is 1. The van der Waals surface area contributed by atoms with E-state index in [1.807, 2.05) is 24.3 Å². The minimum Gasteiger partial charge on any atom is -0.497 e. The number of carbonyl (C=O) groups excluding carboxylic acids is 1. The Hall–Kier alpha value is -1.68. The number of aldehydes is 1. The molecule has 4 heteroatoms. The molecule has 0 saturated carbocycles. The van der Waals surface area contributed by atoms with Crippen LogP contribution in [0.25, 0.3) is 0 Å². The predicted octanol–water partition coefficient (Wildman–Crippen LogP) is 2.48. The van der Waals surface area contributed by atoms with Crippen molar-refractivity contribution in [3.8, 4) is 5.75 Å². The first-order valence-electron chi connectivity index (χ1n) is 5.32. The van der Waals surface area contributed by atoms with Gasteiger partial charge in [0.15, 0.2) is 0 Å². The van der Waals surface area contributed by atoms with E-state index in [4.69, 9.17) is 4.74 Å². The fourth-order valence-electron chi connectivity index (χ4n) is 1.56. The summed E-state index contributed by atoms with van der Waals surface area (Å²) >= 11 is 1.58. The lowest BCUT2D eigenvalue weighted by Gasteiger charge is -2.02. The topological polar surface area (TPSA) is 39.2 Å². The highest BCUT2D eigenvalue weighted by molar-refractivity contribution is 7.11. The van der Waals surface area contributed by atoms with Gasteiger partial charge in [-0.05, 0) is 17.7 Å². The van der Waals surface area contributed by atoms with Crippen LogP contribution >= 0.6 is 11.3 Å². The molecule has 0 aliphatic rings. The minimum absolute atomic E-state index is 0.454. The molecule has 0 unspecified atom stereocenters. The van der Waals surface area contributed by atoms with Crippen LogP contribution < -0.4 is 4.74 Å². The molecule has 0 bridgehead atoms. The third kappa shape index (κ3) is 3.14. The zero-order chi connectivity index (χ0) is 12.1. The smallest absolute Gasteiger partial charge is 0.125 e. The van der Waals surface area contributed by atoms with Crippen LogP contribution in [0.5, 0.6) is 5.75 Å². The molecule has 0 aliphatic carbocycles. The summed E-state index contributed by atoms with van der Waals surface area (Å²) in [7, 11) is 1.66. The van der Waals surface area contributed by atoms with Crippen LogP contribution in [0.1, 0.15) is 15.4 Å². The molecule has 1 aromatic heterocycles. The molecule has 3 nitrogen and oxygen atoms in total. The van der Waals surface area contributed by atoms with Crippen LogP contribution in [0.4, 0.5) is 0 Å². The van der Waals surface area contributed by atoms with Gasteiger partial charge in [-0.1, -0.05) is 12.1 Å². The van der Waals surface area contributed by atoms with Crippen LogP contribution in [-0.4, -0.2) is 18.4 Å². The van der Waals surface area contributed by atoms with Crippen LogP contribution in [0.3, 0.4) is 0 Å². The Kier molecular flexibility index (Phi) is 3.88. The first-order valence-corrected chi connectivity index (χ1v) is 6.13. The highest BCUT2D eigenvalue weighted by Gasteiger charge is 2.03. The second kappa shape index (κ2) is 5.59. The van der Waals surface area contributed by atoms with E-state index < -0.39 is 0 Å². The van der Waals surface area contributed by atoms with E-state index in [0.717, 1.165) is 33.9 Å². The van der Waals surface area contributed by atoms with E-state index in [9.17, 15) is 4.79 Å². The van der Waals surface area contributed by atoms with Crippen molar-refractivity contribution in [3.05, 3.63) is 45.9 Å². The molecule has 17 heavy (non-hydrogen) atoms. The molecule has 0 spiro atoms. The molecule has 0 saturated heterocycles. The number of benzene rings is 1. The fraction of sp³-hybridized carbons (Fsp3) is 0.231. The largest absolute Gasteiger partial charge is 0.497 e. The van der Waals surface area contributed by atoms with Crippen LogP contribution in [0.2, 0.25) is 0 Å². The normalized spacial score (nSPS) is 10.2. The third-order valence-corrected chi connectivity index (χ3v) is 3.40. The summed E-state index contributed by atoms with van der Waals surface area (Å²) in [6, 6.07) is 7.93. The molecule has 1 heterocycles. The molecular weight excluding hydrogens is 234 g/mol. The van der Waals surface area contributed by atoms with E-state index in [1.165, 1.54) is 0 Å². The van der Waals surface area contributed by atoms with Gasteiger partial charge in [0.2, 0.25) is 0 Å². The van der Waals surface area contributed by atoms with Gasteiger partial charge in [-0.15, -0.1) is 11.3 Å². The molecule has 88 valence electrons. The predicted molar refractivity (Wildman–Crippen MR) is 67.7 cm³/mol. The maximum Gasteiger partial charge on any atom is 0.125 e. The number of nitrogens with zero attached hydrogens (tertiary/aromatic N) is 1. The zero-order valence-electron chi connectivity index (χ0n) is 9.55. The lowest BCUT2D eigenvalue weighted by Crippen LogP contribution is -1.88. The van der Waals surface area contributed by atoms with Gasteiger partial charge >= 0.3 is 0 Å². The number of carbonyl (C=O) groups is 1. The lowest BCUT2D eigenvalue weighted by atomic mass is 10.1. The molecule has 0 fully saturated rings. The summed E-state index contributed by atoms with van der Waals surface area (Å²) in [5.41, 5.74) is 1.16. The Morgan fingerprint density at radius 3 is 3.12 bits per heavy atom. The molecule has 0 aliphatic heterocycles. The molecule has 0 atom stereocenters. The number of rotatable bonds is 5. The standard InChI is InChI=1S/C13H13NO2S/c1-16-11-4-2-3-10(7-11)8-13-14-9-12(17-13)5-6-15/h2-4,6-7,9H,5,8H2,1H3. The van der Waals surface area contributed by atoms with Crippen LogP contribution in [0, 0.1) is 0 Å².